The number of nitrogens with zero attached hydrogens (tertiary/aromatic N) is 3. The number of nitrogens with one attached hydrogen (secondary N) is 2. The van der Waals surface area contributed by atoms with E-state index >= 15 is 0 Å². The second-order valence-corrected chi connectivity index (χ2v) is 10.0. The molecule has 2 aromatic carbocycles. The van der Waals surface area contributed by atoms with Gasteiger partial charge in [0.25, 0.3) is 5.91 Å². The van der Waals surface area contributed by atoms with Crippen molar-refractivity contribution in [2.75, 3.05) is 29.6 Å². The Hall–Kier alpha value is -2.98. The van der Waals surface area contributed by atoms with E-state index in [4.69, 9.17) is 19.6 Å². The maximum atomic E-state index is 13.7. The highest BCUT2D eigenvalue weighted by atomic mass is 79.9. The number of allylic oxidation sites excluding steroid dienone is 1. The third-order valence-electron chi connectivity index (χ3n) is 5.48. The Balaban J connectivity index is 1.84. The van der Waals surface area contributed by atoms with Gasteiger partial charge in [-0.3, -0.25) is 4.79 Å². The summed E-state index contributed by atoms with van der Waals surface area (Å²) in [5.74, 6) is 2.51. The molecule has 1 atom stereocenters. The molecule has 1 aliphatic rings. The van der Waals surface area contributed by atoms with Gasteiger partial charge in [0.15, 0.2) is 11.5 Å². The summed E-state index contributed by atoms with van der Waals surface area (Å²) >= 11 is 5.25. The summed E-state index contributed by atoms with van der Waals surface area (Å²) in [5.41, 5.74) is 2.80. The highest BCUT2D eigenvalue weighted by molar-refractivity contribution is 9.10. The third-order valence-corrected chi connectivity index (χ3v) is 7.11. The van der Waals surface area contributed by atoms with E-state index in [0.29, 0.717) is 52.8 Å². The number of ether oxygens (including phenoxy) is 2. The third kappa shape index (κ3) is 5.54. The molecule has 3 aromatic rings. The molecule has 0 spiro atoms. The van der Waals surface area contributed by atoms with Crippen LogP contribution in [0.5, 0.6) is 11.5 Å². The summed E-state index contributed by atoms with van der Waals surface area (Å²) in [5, 5.41) is 11.8. The molecule has 4 rings (SSSR count). The van der Waals surface area contributed by atoms with Gasteiger partial charge < -0.3 is 20.1 Å². The van der Waals surface area contributed by atoms with Gasteiger partial charge in [0.05, 0.1) is 23.3 Å². The Labute approximate surface area is 224 Å². The van der Waals surface area contributed by atoms with E-state index in [9.17, 15) is 4.79 Å². The number of fused-ring (bicyclic) bond motifs is 1. The minimum Gasteiger partial charge on any atom is -0.490 e. The van der Waals surface area contributed by atoms with Crippen molar-refractivity contribution in [2.24, 2.45) is 0 Å². The zero-order valence-electron chi connectivity index (χ0n) is 20.8. The standard InChI is InChI=1S/C26H30BrN5O3S/c1-5-13-36-26-30-25-28-16(4)21(24(33)29-18-11-9-8-10-12-18)22(32(25)31-26)17-14-19(27)23(35-7-3)20(15-17)34-6-2/h8-12,14-15,22H,5-7,13H2,1-4H3,(H,29,33)(H,28,30,31). The van der Waals surface area contributed by atoms with Gasteiger partial charge in [-0.15, -0.1) is 5.10 Å². The summed E-state index contributed by atoms with van der Waals surface area (Å²) in [7, 11) is 0. The maximum absolute atomic E-state index is 13.7. The summed E-state index contributed by atoms with van der Waals surface area (Å²) < 4.78 is 14.3. The van der Waals surface area contributed by atoms with Crippen molar-refractivity contribution < 1.29 is 14.3 Å². The zero-order valence-corrected chi connectivity index (χ0v) is 23.2. The Kier molecular flexibility index (Phi) is 8.58. The van der Waals surface area contributed by atoms with Crippen LogP contribution < -0.4 is 20.1 Å². The maximum Gasteiger partial charge on any atom is 0.255 e. The van der Waals surface area contributed by atoms with Crippen molar-refractivity contribution in [1.82, 2.24) is 14.8 Å². The number of amides is 1. The van der Waals surface area contributed by atoms with Crippen molar-refractivity contribution in [3.8, 4) is 11.5 Å². The van der Waals surface area contributed by atoms with E-state index in [0.717, 1.165) is 22.2 Å². The fourth-order valence-electron chi connectivity index (χ4n) is 4.00. The fraction of sp³-hybridized carbons (Fsp3) is 0.346. The van der Waals surface area contributed by atoms with Crippen LogP contribution in [0.25, 0.3) is 0 Å². The molecule has 36 heavy (non-hydrogen) atoms. The molecule has 2 N–H and O–H groups in total. The van der Waals surface area contributed by atoms with Crippen molar-refractivity contribution in [2.45, 2.75) is 45.3 Å². The van der Waals surface area contributed by atoms with Gasteiger partial charge >= 0.3 is 0 Å². The Morgan fingerprint density at radius 2 is 1.92 bits per heavy atom. The molecule has 1 unspecified atom stereocenters. The highest BCUT2D eigenvalue weighted by Gasteiger charge is 2.35. The fourth-order valence-corrected chi connectivity index (χ4v) is 5.26. The van der Waals surface area contributed by atoms with Crippen LogP contribution in [0.2, 0.25) is 0 Å². The van der Waals surface area contributed by atoms with Gasteiger partial charge in [-0.1, -0.05) is 36.9 Å². The number of para-hydroxylation sites is 1. The highest BCUT2D eigenvalue weighted by Crippen LogP contribution is 2.43. The van der Waals surface area contributed by atoms with Crippen LogP contribution >= 0.6 is 27.7 Å². The molecule has 2 heterocycles. The molecule has 1 aromatic heterocycles. The first-order valence-corrected chi connectivity index (χ1v) is 13.8. The van der Waals surface area contributed by atoms with E-state index in [2.05, 4.69) is 33.5 Å². The minimum absolute atomic E-state index is 0.219. The first-order valence-electron chi connectivity index (χ1n) is 12.0. The van der Waals surface area contributed by atoms with E-state index < -0.39 is 6.04 Å². The lowest BCUT2D eigenvalue weighted by molar-refractivity contribution is -0.113. The molecule has 190 valence electrons. The second kappa shape index (κ2) is 11.8. The number of benzene rings is 2. The summed E-state index contributed by atoms with van der Waals surface area (Å²) in [6.45, 7) is 8.84. The normalized spacial score (nSPS) is 14.8. The van der Waals surface area contributed by atoms with Crippen molar-refractivity contribution in [1.29, 1.82) is 0 Å². The molecule has 10 heteroatoms. The van der Waals surface area contributed by atoms with Crippen molar-refractivity contribution in [3.05, 3.63) is 63.8 Å². The van der Waals surface area contributed by atoms with Crippen LogP contribution in [0.3, 0.4) is 0 Å². The summed E-state index contributed by atoms with van der Waals surface area (Å²) in [6, 6.07) is 12.8. The number of hydrogen-bond acceptors (Lipinski definition) is 7. The molecular weight excluding hydrogens is 542 g/mol. The first kappa shape index (κ1) is 26.1. The van der Waals surface area contributed by atoms with Crippen LogP contribution in [0.15, 0.2) is 63.4 Å². The van der Waals surface area contributed by atoms with Gasteiger partial charge in [0, 0.05) is 17.1 Å². The van der Waals surface area contributed by atoms with Crippen LogP contribution in [0.4, 0.5) is 11.6 Å². The van der Waals surface area contributed by atoms with Crippen molar-refractivity contribution >= 4 is 45.2 Å². The minimum atomic E-state index is -0.528. The van der Waals surface area contributed by atoms with E-state index in [1.807, 2.05) is 63.2 Å². The molecule has 8 nitrogen and oxygen atoms in total. The van der Waals surface area contributed by atoms with Gasteiger partial charge in [-0.2, -0.15) is 4.98 Å². The van der Waals surface area contributed by atoms with Crippen LogP contribution in [-0.4, -0.2) is 39.6 Å². The molecule has 0 saturated carbocycles. The van der Waals surface area contributed by atoms with Gasteiger partial charge in [-0.25, -0.2) is 4.68 Å². The molecule has 0 saturated heterocycles. The zero-order chi connectivity index (χ0) is 25.7. The number of hydrogen-bond donors (Lipinski definition) is 2. The quantitative estimate of drug-likeness (QED) is 0.277. The monoisotopic (exact) mass is 571 g/mol. The predicted molar refractivity (Wildman–Crippen MR) is 147 cm³/mol. The molecule has 0 bridgehead atoms. The number of carbonyl (C=O) groups excluding carboxylic acids is 1. The van der Waals surface area contributed by atoms with Crippen LogP contribution in [0.1, 0.15) is 45.7 Å². The molecule has 1 aliphatic heterocycles. The smallest absolute Gasteiger partial charge is 0.255 e. The van der Waals surface area contributed by atoms with Gasteiger partial charge in [-0.05, 0) is 73.0 Å². The predicted octanol–water partition coefficient (Wildman–Crippen LogP) is 6.27. The molecule has 0 aliphatic carbocycles. The van der Waals surface area contributed by atoms with Crippen molar-refractivity contribution in [3.63, 3.8) is 0 Å². The number of anilines is 2. The molecule has 1 amide bonds. The van der Waals surface area contributed by atoms with E-state index in [1.54, 1.807) is 16.4 Å². The molecular formula is C26H30BrN5O3S. The van der Waals surface area contributed by atoms with E-state index in [-0.39, 0.29) is 5.91 Å². The lowest BCUT2D eigenvalue weighted by Gasteiger charge is -2.29. The largest absolute Gasteiger partial charge is 0.490 e. The summed E-state index contributed by atoms with van der Waals surface area (Å²) in [6.07, 6.45) is 1.01. The van der Waals surface area contributed by atoms with Crippen LogP contribution in [0, 0.1) is 0 Å². The number of halogens is 1. The number of thioether (sulfide) groups is 1. The van der Waals surface area contributed by atoms with Gasteiger partial charge in [0.2, 0.25) is 11.1 Å². The molecule has 0 fully saturated rings. The lowest BCUT2D eigenvalue weighted by Crippen LogP contribution is -2.31. The lowest BCUT2D eigenvalue weighted by atomic mass is 9.94. The average molecular weight is 573 g/mol. The average Bonchev–Trinajstić information content (AvgIpc) is 3.26. The van der Waals surface area contributed by atoms with Gasteiger partial charge in [0.1, 0.15) is 6.04 Å². The SMILES string of the molecule is CCCSc1nc2n(n1)C(c1cc(Br)c(OCC)c(OCC)c1)C(C(=O)Nc1ccccc1)=C(C)N2. The Morgan fingerprint density at radius 3 is 2.61 bits per heavy atom. The Bertz CT molecular complexity index is 1260. The topological polar surface area (TPSA) is 90.3 Å². The van der Waals surface area contributed by atoms with Crippen LogP contribution in [-0.2, 0) is 4.79 Å². The van der Waals surface area contributed by atoms with E-state index in [1.165, 1.54) is 0 Å². The second-order valence-electron chi connectivity index (χ2n) is 8.09. The molecule has 0 radical (unpaired) electrons. The Morgan fingerprint density at radius 1 is 1.17 bits per heavy atom. The first-order chi connectivity index (χ1) is 17.5. The number of rotatable bonds is 10. The number of carbonyl (C=O) groups is 1. The number of aromatic nitrogens is 3. The summed E-state index contributed by atoms with van der Waals surface area (Å²) in [4.78, 5) is 18.4.